The van der Waals surface area contributed by atoms with Crippen LogP contribution >= 0.6 is 15.9 Å². The second-order valence-electron chi connectivity index (χ2n) is 4.22. The highest BCUT2D eigenvalue weighted by molar-refractivity contribution is 9.10. The molecule has 0 saturated heterocycles. The first-order valence-electron chi connectivity index (χ1n) is 5.94. The minimum Gasteiger partial charge on any atom is -0.467 e. The molecule has 1 aromatic heterocycles. The fourth-order valence-corrected chi connectivity index (χ4v) is 2.48. The molecule has 96 valence electrons. The topological polar surface area (TPSA) is 42.4 Å². The molecule has 4 heteroatoms. The second-order valence-corrected chi connectivity index (χ2v) is 5.14. The van der Waals surface area contributed by atoms with Crippen LogP contribution in [0.1, 0.15) is 11.3 Å². The van der Waals surface area contributed by atoms with Crippen LogP contribution in [0.2, 0.25) is 0 Å². The Labute approximate surface area is 116 Å². The smallest absolute Gasteiger partial charge is 0.123 e. The van der Waals surface area contributed by atoms with E-state index in [2.05, 4.69) is 39.9 Å². The van der Waals surface area contributed by atoms with Gasteiger partial charge in [-0.25, -0.2) is 0 Å². The Hall–Kier alpha value is -1.26. The van der Waals surface area contributed by atoms with Crippen molar-refractivity contribution in [2.45, 2.75) is 13.5 Å². The average molecular weight is 309 g/mol. The summed E-state index contributed by atoms with van der Waals surface area (Å²) in [7, 11) is 0. The fourth-order valence-electron chi connectivity index (χ4n) is 2.00. The van der Waals surface area contributed by atoms with E-state index >= 15 is 0 Å². The number of furan rings is 1. The molecule has 0 spiro atoms. The van der Waals surface area contributed by atoms with Crippen molar-refractivity contribution in [2.24, 2.45) is 5.73 Å². The van der Waals surface area contributed by atoms with Crippen molar-refractivity contribution in [3.63, 3.8) is 0 Å². The van der Waals surface area contributed by atoms with Gasteiger partial charge in [0.15, 0.2) is 0 Å². The van der Waals surface area contributed by atoms with Crippen molar-refractivity contribution in [3.8, 4) is 0 Å². The molecule has 0 bridgehead atoms. The molecule has 0 fully saturated rings. The third-order valence-electron chi connectivity index (χ3n) is 2.83. The van der Waals surface area contributed by atoms with Crippen LogP contribution in [0.4, 0.5) is 5.69 Å². The number of halogens is 1. The molecule has 0 radical (unpaired) electrons. The quantitative estimate of drug-likeness (QED) is 0.921. The number of anilines is 1. The first-order valence-corrected chi connectivity index (χ1v) is 6.73. The van der Waals surface area contributed by atoms with Gasteiger partial charge < -0.3 is 15.1 Å². The van der Waals surface area contributed by atoms with E-state index in [1.165, 1.54) is 11.3 Å². The maximum atomic E-state index is 5.69. The largest absolute Gasteiger partial charge is 0.467 e. The number of aryl methyl sites for hydroxylation is 1. The molecule has 1 aromatic carbocycles. The van der Waals surface area contributed by atoms with Crippen molar-refractivity contribution in [1.82, 2.24) is 0 Å². The molecule has 2 rings (SSSR count). The van der Waals surface area contributed by atoms with Crippen LogP contribution in [0.5, 0.6) is 0 Å². The highest BCUT2D eigenvalue weighted by Crippen LogP contribution is 2.25. The lowest BCUT2D eigenvalue weighted by Gasteiger charge is -2.25. The van der Waals surface area contributed by atoms with E-state index in [0.29, 0.717) is 6.54 Å². The van der Waals surface area contributed by atoms with E-state index in [-0.39, 0.29) is 0 Å². The highest BCUT2D eigenvalue weighted by Gasteiger charge is 2.10. The van der Waals surface area contributed by atoms with E-state index < -0.39 is 0 Å². The maximum absolute atomic E-state index is 5.69. The predicted molar refractivity (Wildman–Crippen MR) is 77.7 cm³/mol. The Kier molecular flexibility index (Phi) is 4.44. The number of hydrogen-bond donors (Lipinski definition) is 1. The van der Waals surface area contributed by atoms with Crippen molar-refractivity contribution in [2.75, 3.05) is 18.0 Å². The molecule has 0 aliphatic heterocycles. The van der Waals surface area contributed by atoms with Gasteiger partial charge in [-0.05, 0) is 42.8 Å². The Balaban J connectivity index is 2.23. The van der Waals surface area contributed by atoms with Gasteiger partial charge in [0.25, 0.3) is 0 Å². The normalized spacial score (nSPS) is 10.6. The highest BCUT2D eigenvalue weighted by atomic mass is 79.9. The molecule has 0 aliphatic rings. The van der Waals surface area contributed by atoms with Crippen LogP contribution in [0, 0.1) is 6.92 Å². The first-order chi connectivity index (χ1) is 8.70. The lowest BCUT2D eigenvalue weighted by atomic mass is 10.1. The second kappa shape index (κ2) is 6.07. The summed E-state index contributed by atoms with van der Waals surface area (Å²) in [6, 6.07) is 10.2. The third-order valence-corrected chi connectivity index (χ3v) is 3.32. The van der Waals surface area contributed by atoms with Gasteiger partial charge in [0.2, 0.25) is 0 Å². The van der Waals surface area contributed by atoms with Gasteiger partial charge in [0.1, 0.15) is 5.76 Å². The summed E-state index contributed by atoms with van der Waals surface area (Å²) in [6.07, 6.45) is 1.70. The van der Waals surface area contributed by atoms with Crippen LogP contribution in [-0.4, -0.2) is 13.1 Å². The minimum absolute atomic E-state index is 0.621. The zero-order valence-electron chi connectivity index (χ0n) is 10.4. The van der Waals surface area contributed by atoms with E-state index in [9.17, 15) is 0 Å². The molecule has 3 nitrogen and oxygen atoms in total. The van der Waals surface area contributed by atoms with Crippen LogP contribution < -0.4 is 10.6 Å². The molecule has 0 unspecified atom stereocenters. The molecule has 2 aromatic rings. The number of nitrogens with two attached hydrogens (primary N) is 1. The predicted octanol–water partition coefficient (Wildman–Crippen LogP) is 3.32. The van der Waals surface area contributed by atoms with Crippen molar-refractivity contribution >= 4 is 21.6 Å². The van der Waals surface area contributed by atoms with E-state index in [4.69, 9.17) is 10.2 Å². The van der Waals surface area contributed by atoms with Crippen LogP contribution in [-0.2, 0) is 6.54 Å². The monoisotopic (exact) mass is 308 g/mol. The van der Waals surface area contributed by atoms with Gasteiger partial charge >= 0.3 is 0 Å². The summed E-state index contributed by atoms with van der Waals surface area (Å²) in [5, 5.41) is 0. The van der Waals surface area contributed by atoms with Gasteiger partial charge in [0, 0.05) is 23.2 Å². The van der Waals surface area contributed by atoms with Crippen molar-refractivity contribution in [3.05, 3.63) is 52.4 Å². The Morgan fingerprint density at radius 1 is 1.33 bits per heavy atom. The Morgan fingerprint density at radius 2 is 2.17 bits per heavy atom. The Bertz CT molecular complexity index is 497. The molecule has 0 amide bonds. The summed E-state index contributed by atoms with van der Waals surface area (Å²) in [5.74, 6) is 0.950. The minimum atomic E-state index is 0.621. The van der Waals surface area contributed by atoms with Crippen LogP contribution in [0.15, 0.2) is 45.5 Å². The van der Waals surface area contributed by atoms with Crippen molar-refractivity contribution < 1.29 is 4.42 Å². The number of rotatable bonds is 5. The fraction of sp³-hybridized carbons (Fsp3) is 0.286. The average Bonchev–Trinajstić information content (AvgIpc) is 2.81. The van der Waals surface area contributed by atoms with Crippen LogP contribution in [0.25, 0.3) is 0 Å². The summed E-state index contributed by atoms with van der Waals surface area (Å²) in [5.41, 5.74) is 8.11. The van der Waals surface area contributed by atoms with Gasteiger partial charge in [-0.3, -0.25) is 0 Å². The van der Waals surface area contributed by atoms with Gasteiger partial charge in [-0.15, -0.1) is 0 Å². The molecular formula is C14H17BrN2O. The lowest BCUT2D eigenvalue weighted by molar-refractivity contribution is 0.502. The molecule has 2 N–H and O–H groups in total. The van der Waals surface area contributed by atoms with Crippen LogP contribution in [0.3, 0.4) is 0 Å². The summed E-state index contributed by atoms with van der Waals surface area (Å²) in [6.45, 7) is 4.28. The van der Waals surface area contributed by atoms with E-state index in [1.54, 1.807) is 6.26 Å². The van der Waals surface area contributed by atoms with Gasteiger partial charge in [0.05, 0.1) is 12.8 Å². The zero-order valence-corrected chi connectivity index (χ0v) is 12.0. The van der Waals surface area contributed by atoms with Crippen molar-refractivity contribution in [1.29, 1.82) is 0 Å². The SMILES string of the molecule is Cc1cc(Br)ccc1N(CCN)Cc1ccco1. The Morgan fingerprint density at radius 3 is 2.78 bits per heavy atom. The molecule has 0 saturated carbocycles. The number of nitrogens with zero attached hydrogens (tertiary/aromatic N) is 1. The summed E-state index contributed by atoms with van der Waals surface area (Å²) >= 11 is 3.48. The molecule has 18 heavy (non-hydrogen) atoms. The zero-order chi connectivity index (χ0) is 13.0. The number of hydrogen-bond acceptors (Lipinski definition) is 3. The molecule has 1 heterocycles. The lowest BCUT2D eigenvalue weighted by Crippen LogP contribution is -2.29. The third kappa shape index (κ3) is 3.15. The summed E-state index contributed by atoms with van der Waals surface area (Å²) < 4.78 is 6.50. The van der Waals surface area contributed by atoms with Gasteiger partial charge in [-0.1, -0.05) is 15.9 Å². The molecule has 0 atom stereocenters. The first kappa shape index (κ1) is 13.2. The molecular weight excluding hydrogens is 292 g/mol. The van der Waals surface area contributed by atoms with E-state index in [1.807, 2.05) is 18.2 Å². The van der Waals surface area contributed by atoms with Gasteiger partial charge in [-0.2, -0.15) is 0 Å². The molecule has 0 aliphatic carbocycles. The standard InChI is InChI=1S/C14H17BrN2O/c1-11-9-12(15)4-5-14(11)17(7-6-16)10-13-3-2-8-18-13/h2-5,8-9H,6-7,10,16H2,1H3. The van der Waals surface area contributed by atoms with E-state index in [0.717, 1.165) is 23.3 Å². The maximum Gasteiger partial charge on any atom is 0.123 e. The number of benzene rings is 1. The summed E-state index contributed by atoms with van der Waals surface area (Å²) in [4.78, 5) is 2.24.